The molecule has 0 saturated carbocycles. The zero-order valence-electron chi connectivity index (χ0n) is 15.7. The van der Waals surface area contributed by atoms with E-state index in [9.17, 15) is 14.4 Å². The number of ether oxygens (including phenoxy) is 3. The van der Waals surface area contributed by atoms with Gasteiger partial charge in [0.05, 0.1) is 18.8 Å². The van der Waals surface area contributed by atoms with Crippen molar-refractivity contribution in [2.75, 3.05) is 13.2 Å². The maximum Gasteiger partial charge on any atom is 0.355 e. The van der Waals surface area contributed by atoms with Crippen molar-refractivity contribution in [1.29, 1.82) is 0 Å². The van der Waals surface area contributed by atoms with Gasteiger partial charge in [0.25, 0.3) is 0 Å². The molecule has 144 valence electrons. The third-order valence-corrected chi connectivity index (χ3v) is 3.81. The van der Waals surface area contributed by atoms with E-state index in [2.05, 4.69) is 4.98 Å². The first kappa shape index (κ1) is 20.2. The number of nitrogens with one attached hydrogen (secondary N) is 1. The first-order chi connectivity index (χ1) is 13.0. The number of esters is 3. The second-order valence-corrected chi connectivity index (χ2v) is 5.71. The molecule has 0 aliphatic carbocycles. The Balaban J connectivity index is 2.34. The van der Waals surface area contributed by atoms with E-state index in [4.69, 9.17) is 14.2 Å². The maximum absolute atomic E-state index is 12.7. The molecule has 27 heavy (non-hydrogen) atoms. The van der Waals surface area contributed by atoms with Crippen molar-refractivity contribution >= 4 is 17.9 Å². The zero-order valence-corrected chi connectivity index (χ0v) is 15.7. The van der Waals surface area contributed by atoms with E-state index in [1.807, 2.05) is 6.07 Å². The van der Waals surface area contributed by atoms with Gasteiger partial charge in [-0.25, -0.2) is 9.59 Å². The molecule has 1 aromatic carbocycles. The first-order valence-corrected chi connectivity index (χ1v) is 8.79. The van der Waals surface area contributed by atoms with Crippen LogP contribution in [0.1, 0.15) is 52.4 Å². The fourth-order valence-corrected chi connectivity index (χ4v) is 2.69. The molecule has 0 fully saturated rings. The molecule has 0 unspecified atom stereocenters. The minimum absolute atomic E-state index is 0.0309. The van der Waals surface area contributed by atoms with Gasteiger partial charge >= 0.3 is 17.9 Å². The number of rotatable bonds is 8. The Hall–Kier alpha value is -3.09. The van der Waals surface area contributed by atoms with Crippen LogP contribution >= 0.6 is 0 Å². The van der Waals surface area contributed by atoms with Crippen molar-refractivity contribution < 1.29 is 28.6 Å². The van der Waals surface area contributed by atoms with Gasteiger partial charge in [0, 0.05) is 12.1 Å². The summed E-state index contributed by atoms with van der Waals surface area (Å²) in [5, 5.41) is 0. The Morgan fingerprint density at radius 1 is 0.963 bits per heavy atom. The average Bonchev–Trinajstić information content (AvgIpc) is 2.98. The van der Waals surface area contributed by atoms with Crippen LogP contribution in [0.2, 0.25) is 0 Å². The summed E-state index contributed by atoms with van der Waals surface area (Å²) < 4.78 is 15.4. The van der Waals surface area contributed by atoms with Crippen LogP contribution in [0.3, 0.4) is 0 Å². The Bertz CT molecular complexity index is 809. The lowest BCUT2D eigenvalue weighted by Crippen LogP contribution is -2.15. The van der Waals surface area contributed by atoms with Crippen LogP contribution in [0.5, 0.6) is 5.75 Å². The minimum atomic E-state index is -0.607. The third-order valence-electron chi connectivity index (χ3n) is 3.81. The van der Waals surface area contributed by atoms with Gasteiger partial charge in [-0.3, -0.25) is 4.79 Å². The summed E-state index contributed by atoms with van der Waals surface area (Å²) in [6, 6.07) is 8.62. The number of aromatic nitrogens is 1. The summed E-state index contributed by atoms with van der Waals surface area (Å²) in [6.45, 7) is 5.52. The van der Waals surface area contributed by atoms with Gasteiger partial charge in [0.1, 0.15) is 11.4 Å². The van der Waals surface area contributed by atoms with Crippen LogP contribution in [0.4, 0.5) is 0 Å². The lowest BCUT2D eigenvalue weighted by molar-refractivity contribution is -0.143. The second kappa shape index (κ2) is 9.56. The molecule has 0 aliphatic rings. The molecule has 0 saturated heterocycles. The first-order valence-electron chi connectivity index (χ1n) is 8.79. The fourth-order valence-electron chi connectivity index (χ4n) is 2.69. The van der Waals surface area contributed by atoms with Gasteiger partial charge < -0.3 is 19.2 Å². The molecule has 2 aromatic rings. The number of H-pyrrole nitrogens is 1. The highest BCUT2D eigenvalue weighted by Crippen LogP contribution is 2.24. The minimum Gasteiger partial charge on any atom is -0.466 e. The summed E-state index contributed by atoms with van der Waals surface area (Å²) in [5.41, 5.74) is 1.24. The molecule has 0 radical (unpaired) electrons. The molecule has 0 atom stereocenters. The SMILES string of the molecule is CCOC(=O)CCc1c(C(=O)OCC)[nH]c(C)c1C(=O)Oc1ccccc1. The van der Waals surface area contributed by atoms with Crippen LogP contribution in [-0.2, 0) is 20.7 Å². The van der Waals surface area contributed by atoms with E-state index in [1.54, 1.807) is 45.0 Å². The van der Waals surface area contributed by atoms with Crippen LogP contribution < -0.4 is 4.74 Å². The predicted octanol–water partition coefficient (Wildman–Crippen LogP) is 3.21. The van der Waals surface area contributed by atoms with Crippen molar-refractivity contribution in [1.82, 2.24) is 4.98 Å². The molecule has 0 spiro atoms. The van der Waals surface area contributed by atoms with Crippen LogP contribution in [0, 0.1) is 6.92 Å². The summed E-state index contributed by atoms with van der Waals surface area (Å²) in [5.74, 6) is -1.21. The Morgan fingerprint density at radius 2 is 1.63 bits per heavy atom. The topological polar surface area (TPSA) is 94.7 Å². The maximum atomic E-state index is 12.7. The van der Waals surface area contributed by atoms with Crippen molar-refractivity contribution in [3.05, 3.63) is 52.8 Å². The number of hydrogen-bond acceptors (Lipinski definition) is 6. The number of benzene rings is 1. The van der Waals surface area contributed by atoms with E-state index < -0.39 is 17.9 Å². The van der Waals surface area contributed by atoms with Crippen molar-refractivity contribution in [3.8, 4) is 5.75 Å². The quantitative estimate of drug-likeness (QED) is 0.564. The second-order valence-electron chi connectivity index (χ2n) is 5.71. The van der Waals surface area contributed by atoms with Gasteiger partial charge in [-0.1, -0.05) is 18.2 Å². The van der Waals surface area contributed by atoms with E-state index in [1.165, 1.54) is 0 Å². The van der Waals surface area contributed by atoms with Gasteiger partial charge in [0.2, 0.25) is 0 Å². The van der Waals surface area contributed by atoms with E-state index in [0.29, 0.717) is 17.0 Å². The summed E-state index contributed by atoms with van der Waals surface area (Å²) in [6.07, 6.45) is 0.180. The molecule has 0 amide bonds. The summed E-state index contributed by atoms with van der Waals surface area (Å²) in [7, 11) is 0. The monoisotopic (exact) mass is 373 g/mol. The van der Waals surface area contributed by atoms with E-state index in [-0.39, 0.29) is 37.3 Å². The third kappa shape index (κ3) is 5.20. The fraction of sp³-hybridized carbons (Fsp3) is 0.350. The number of para-hydroxylation sites is 1. The normalized spacial score (nSPS) is 10.3. The van der Waals surface area contributed by atoms with Crippen LogP contribution in [0.25, 0.3) is 0 Å². The molecule has 2 rings (SSSR count). The highest BCUT2D eigenvalue weighted by atomic mass is 16.5. The van der Waals surface area contributed by atoms with Gasteiger partial charge in [-0.15, -0.1) is 0 Å². The number of carbonyl (C=O) groups is 3. The Morgan fingerprint density at radius 3 is 2.26 bits per heavy atom. The van der Waals surface area contributed by atoms with Crippen LogP contribution in [-0.4, -0.2) is 36.1 Å². The van der Waals surface area contributed by atoms with Gasteiger partial charge in [-0.05, 0) is 44.9 Å². The molecule has 7 heteroatoms. The number of hydrogen-bond donors (Lipinski definition) is 1. The van der Waals surface area contributed by atoms with Crippen molar-refractivity contribution in [3.63, 3.8) is 0 Å². The largest absolute Gasteiger partial charge is 0.466 e. The summed E-state index contributed by atoms with van der Waals surface area (Å²) >= 11 is 0. The summed E-state index contributed by atoms with van der Waals surface area (Å²) in [4.78, 5) is 39.6. The lowest BCUT2D eigenvalue weighted by atomic mass is 10.0. The van der Waals surface area contributed by atoms with Gasteiger partial charge in [-0.2, -0.15) is 0 Å². The van der Waals surface area contributed by atoms with Crippen LogP contribution in [0.15, 0.2) is 30.3 Å². The lowest BCUT2D eigenvalue weighted by Gasteiger charge is -2.08. The molecule has 1 aromatic heterocycles. The molecular weight excluding hydrogens is 350 g/mol. The number of aromatic amines is 1. The number of carbonyl (C=O) groups excluding carboxylic acids is 3. The van der Waals surface area contributed by atoms with E-state index >= 15 is 0 Å². The molecule has 0 aliphatic heterocycles. The molecular formula is C20H23NO6. The standard InChI is InChI=1S/C20H23NO6/c1-4-25-16(22)12-11-15-17(13(3)21-18(15)20(24)26-5-2)19(23)27-14-9-7-6-8-10-14/h6-10,21H,4-5,11-12H2,1-3H3. The van der Waals surface area contributed by atoms with Crippen molar-refractivity contribution in [2.24, 2.45) is 0 Å². The highest BCUT2D eigenvalue weighted by Gasteiger charge is 2.27. The molecule has 7 nitrogen and oxygen atoms in total. The Kier molecular flexibility index (Phi) is 7.16. The van der Waals surface area contributed by atoms with E-state index in [0.717, 1.165) is 0 Å². The Labute approximate surface area is 157 Å². The average molecular weight is 373 g/mol. The highest BCUT2D eigenvalue weighted by molar-refractivity contribution is 5.99. The smallest absolute Gasteiger partial charge is 0.355 e. The molecule has 0 bridgehead atoms. The number of aryl methyl sites for hydroxylation is 1. The zero-order chi connectivity index (χ0) is 19.8. The molecule has 1 heterocycles. The predicted molar refractivity (Wildman–Crippen MR) is 97.8 cm³/mol. The van der Waals surface area contributed by atoms with Crippen molar-refractivity contribution in [2.45, 2.75) is 33.6 Å². The van der Waals surface area contributed by atoms with Gasteiger partial charge in [0.15, 0.2) is 0 Å². The molecule has 1 N–H and O–H groups in total.